The predicted octanol–water partition coefficient (Wildman–Crippen LogP) is 15.6. The number of fused-ring (bicyclic) bond motifs is 8. The molecule has 258 valence electrons. The molecule has 0 saturated carbocycles. The number of thiophene rings is 1. The smallest absolute Gasteiger partial charge is 0.143 e. The van der Waals surface area contributed by atoms with Gasteiger partial charge in [-0.1, -0.05) is 158 Å². The molecular formula is C52H33NOS. The molecule has 3 heteroatoms. The highest BCUT2D eigenvalue weighted by atomic mass is 32.1. The van der Waals surface area contributed by atoms with Gasteiger partial charge < -0.3 is 9.32 Å². The third-order valence-corrected chi connectivity index (χ3v) is 11.7. The number of rotatable bonds is 6. The summed E-state index contributed by atoms with van der Waals surface area (Å²) in [6.07, 6.45) is 0. The van der Waals surface area contributed by atoms with Gasteiger partial charge in [0.15, 0.2) is 0 Å². The van der Waals surface area contributed by atoms with Crippen molar-refractivity contribution in [2.45, 2.75) is 0 Å². The first-order valence-corrected chi connectivity index (χ1v) is 19.1. The van der Waals surface area contributed by atoms with E-state index in [1.54, 1.807) is 11.3 Å². The van der Waals surface area contributed by atoms with Crippen molar-refractivity contribution in [3.63, 3.8) is 0 Å². The van der Waals surface area contributed by atoms with E-state index in [0.717, 1.165) is 65.6 Å². The van der Waals surface area contributed by atoms with Crippen LogP contribution < -0.4 is 4.90 Å². The van der Waals surface area contributed by atoms with E-state index >= 15 is 0 Å². The molecule has 0 aliphatic carbocycles. The number of benzene rings is 9. The van der Waals surface area contributed by atoms with E-state index in [9.17, 15) is 0 Å². The highest BCUT2D eigenvalue weighted by Crippen LogP contribution is 2.50. The van der Waals surface area contributed by atoms with Crippen LogP contribution in [0.4, 0.5) is 17.1 Å². The van der Waals surface area contributed by atoms with Gasteiger partial charge in [0.25, 0.3) is 0 Å². The van der Waals surface area contributed by atoms with Crippen LogP contribution in [-0.4, -0.2) is 0 Å². The van der Waals surface area contributed by atoms with Gasteiger partial charge in [-0.2, -0.15) is 0 Å². The maximum absolute atomic E-state index is 9.04. The lowest BCUT2D eigenvalue weighted by molar-refractivity contribution is 0.673. The third-order valence-electron chi connectivity index (χ3n) is 10.5. The fourth-order valence-electron chi connectivity index (χ4n) is 8.02. The van der Waals surface area contributed by atoms with Crippen LogP contribution in [-0.2, 0) is 0 Å². The zero-order valence-corrected chi connectivity index (χ0v) is 30.2. The molecule has 0 N–H and O–H groups in total. The Hall–Kier alpha value is -6.94. The molecule has 2 nitrogen and oxygen atoms in total. The molecule has 0 spiro atoms. The fraction of sp³-hybridized carbons (Fsp3) is 0. The summed E-state index contributed by atoms with van der Waals surface area (Å²) in [5.41, 5.74) is 9.09. The molecule has 0 radical (unpaired) electrons. The quantitative estimate of drug-likeness (QED) is 0.170. The predicted molar refractivity (Wildman–Crippen MR) is 235 cm³/mol. The van der Waals surface area contributed by atoms with Crippen molar-refractivity contribution in [1.29, 1.82) is 0 Å². The zero-order chi connectivity index (χ0) is 40.6. The third kappa shape index (κ3) is 5.24. The summed E-state index contributed by atoms with van der Waals surface area (Å²) in [5.74, 6) is 0. The Bertz CT molecular complexity index is 3460. The molecule has 11 rings (SSSR count). The van der Waals surface area contributed by atoms with Crippen LogP contribution in [0.2, 0.25) is 0 Å². The van der Waals surface area contributed by atoms with Crippen LogP contribution in [0.15, 0.2) is 204 Å². The van der Waals surface area contributed by atoms with Crippen molar-refractivity contribution in [2.24, 2.45) is 0 Å². The molecule has 9 aromatic carbocycles. The van der Waals surface area contributed by atoms with Gasteiger partial charge in [0, 0.05) is 31.9 Å². The molecule has 2 aromatic heterocycles. The average molecular weight is 725 g/mol. The summed E-state index contributed by atoms with van der Waals surface area (Å²) in [6.45, 7) is 0. The van der Waals surface area contributed by atoms with Gasteiger partial charge in [-0.15, -0.1) is 11.3 Å². The molecule has 0 fully saturated rings. The molecule has 2 heterocycles. The van der Waals surface area contributed by atoms with Crippen molar-refractivity contribution in [2.75, 3.05) is 4.90 Å². The van der Waals surface area contributed by atoms with Crippen molar-refractivity contribution in [3.05, 3.63) is 200 Å². The number of hydrogen-bond donors (Lipinski definition) is 0. The van der Waals surface area contributed by atoms with Crippen molar-refractivity contribution in [3.8, 4) is 33.4 Å². The van der Waals surface area contributed by atoms with E-state index in [1.165, 1.54) is 15.5 Å². The second-order valence-corrected chi connectivity index (χ2v) is 14.7. The van der Waals surface area contributed by atoms with Gasteiger partial charge in [0.05, 0.1) is 28.3 Å². The number of furan rings is 1. The molecule has 0 atom stereocenters. The van der Waals surface area contributed by atoms with Gasteiger partial charge in [-0.25, -0.2) is 0 Å². The maximum atomic E-state index is 9.04. The molecular weight excluding hydrogens is 687 g/mol. The normalized spacial score (nSPS) is 12.9. The van der Waals surface area contributed by atoms with Crippen LogP contribution >= 0.6 is 11.3 Å². The maximum Gasteiger partial charge on any atom is 0.143 e. The van der Waals surface area contributed by atoms with Crippen LogP contribution in [0.3, 0.4) is 0 Å². The first-order chi connectivity index (χ1) is 29.4. The van der Waals surface area contributed by atoms with Gasteiger partial charge in [-0.05, 0) is 81.2 Å². The number of nitrogens with zero attached hydrogens (tertiary/aromatic N) is 1. The summed E-state index contributed by atoms with van der Waals surface area (Å²) < 4.78 is 52.9. The standard InChI is InChI=1S/C52H33NOS/c1-4-15-34(16-5-1)36-27-29-39(30-28-36)53(46-25-14-24-43-41-22-12-13-26-49(41)55-52(43)46)47-31-38(35-17-6-2-7-18-35)32-48-50(47)45-33-44(37-19-8-3-9-20-37)40-21-10-11-23-42(40)51(45)54-48/h1-33H/i3D,8D,9D,19D,20D. The molecule has 0 bridgehead atoms. The van der Waals surface area contributed by atoms with Crippen LogP contribution in [0.1, 0.15) is 6.85 Å². The van der Waals surface area contributed by atoms with Crippen molar-refractivity contribution >= 4 is 81.3 Å². The Balaban J connectivity index is 1.28. The Morgan fingerprint density at radius 3 is 1.85 bits per heavy atom. The summed E-state index contributed by atoms with van der Waals surface area (Å²) >= 11 is 1.77. The zero-order valence-electron chi connectivity index (χ0n) is 34.4. The van der Waals surface area contributed by atoms with E-state index in [2.05, 4.69) is 120 Å². The minimum absolute atomic E-state index is 0.152. The summed E-state index contributed by atoms with van der Waals surface area (Å²) in [5, 5.41) is 5.50. The number of anilines is 3. The minimum Gasteiger partial charge on any atom is -0.455 e. The molecule has 55 heavy (non-hydrogen) atoms. The lowest BCUT2D eigenvalue weighted by Gasteiger charge is -2.27. The van der Waals surface area contributed by atoms with E-state index in [-0.39, 0.29) is 29.7 Å². The Morgan fingerprint density at radius 2 is 1.09 bits per heavy atom. The molecule has 0 aliphatic heterocycles. The van der Waals surface area contributed by atoms with E-state index in [4.69, 9.17) is 11.3 Å². The monoisotopic (exact) mass is 724 g/mol. The Kier molecular flexibility index (Phi) is 6.27. The van der Waals surface area contributed by atoms with Crippen molar-refractivity contribution < 1.29 is 11.3 Å². The summed E-state index contributed by atoms with van der Waals surface area (Å²) in [7, 11) is 0. The van der Waals surface area contributed by atoms with Crippen molar-refractivity contribution in [1.82, 2.24) is 0 Å². The first-order valence-electron chi connectivity index (χ1n) is 20.8. The summed E-state index contributed by atoms with van der Waals surface area (Å²) in [6, 6.07) is 56.7. The molecule has 11 aromatic rings. The lowest BCUT2D eigenvalue weighted by atomic mass is 9.94. The van der Waals surface area contributed by atoms with E-state index in [0.29, 0.717) is 16.7 Å². The van der Waals surface area contributed by atoms with Gasteiger partial charge >= 0.3 is 0 Å². The van der Waals surface area contributed by atoms with E-state index < -0.39 is 6.04 Å². The first kappa shape index (κ1) is 26.8. The summed E-state index contributed by atoms with van der Waals surface area (Å²) in [4.78, 5) is 2.33. The number of hydrogen-bond acceptors (Lipinski definition) is 3. The van der Waals surface area contributed by atoms with Gasteiger partial charge in [0.2, 0.25) is 0 Å². The second kappa shape index (κ2) is 12.9. The SMILES string of the molecule is [2H]c1c([2H])c([2H])c(-c2cc3c(oc4cc(-c5ccccc5)cc(N(c5ccc(-c6ccccc6)cc5)c5cccc6c5sc5ccccc56)c43)c3ccccc23)c([2H])c1[2H]. The Morgan fingerprint density at radius 1 is 0.455 bits per heavy atom. The highest BCUT2D eigenvalue weighted by Gasteiger charge is 2.25. The van der Waals surface area contributed by atoms with Crippen LogP contribution in [0, 0.1) is 0 Å². The molecule has 0 amide bonds. The highest BCUT2D eigenvalue weighted by molar-refractivity contribution is 7.26. The topological polar surface area (TPSA) is 16.4 Å². The molecule has 0 saturated heterocycles. The fourth-order valence-corrected chi connectivity index (χ4v) is 9.23. The average Bonchev–Trinajstić information content (AvgIpc) is 3.88. The van der Waals surface area contributed by atoms with Gasteiger partial charge in [-0.3, -0.25) is 0 Å². The van der Waals surface area contributed by atoms with E-state index in [1.807, 2.05) is 54.6 Å². The van der Waals surface area contributed by atoms with Crippen LogP contribution in [0.5, 0.6) is 0 Å². The lowest BCUT2D eigenvalue weighted by Crippen LogP contribution is -2.11. The van der Waals surface area contributed by atoms with Gasteiger partial charge in [0.1, 0.15) is 11.2 Å². The molecule has 0 unspecified atom stereocenters. The largest absolute Gasteiger partial charge is 0.455 e. The molecule has 0 aliphatic rings. The second-order valence-electron chi connectivity index (χ2n) is 13.7. The minimum atomic E-state index is -0.423. The van der Waals surface area contributed by atoms with Crippen LogP contribution in [0.25, 0.3) is 86.3 Å². The Labute approximate surface area is 329 Å².